The quantitative estimate of drug-likeness (QED) is 0.583. The van der Waals surface area contributed by atoms with Gasteiger partial charge in [-0.05, 0) is 51.7 Å². The lowest BCUT2D eigenvalue weighted by Gasteiger charge is -2.56. The van der Waals surface area contributed by atoms with E-state index in [1.165, 1.54) is 10.7 Å². The monoisotopic (exact) mass is 477 g/mol. The molecule has 10 nitrogen and oxygen atoms in total. The zero-order chi connectivity index (χ0) is 25.0. The number of fused-ring (bicyclic) bond motifs is 2. The molecule has 3 aromatic rings. The number of aryl methyl sites for hydroxylation is 1. The number of alkyl halides is 1. The minimum Gasteiger partial charge on any atom is -0.507 e. The van der Waals surface area contributed by atoms with Crippen LogP contribution in [0.1, 0.15) is 45.4 Å². The fourth-order valence-corrected chi connectivity index (χ4v) is 5.53. The molecule has 2 saturated heterocycles. The second-order valence-electron chi connectivity index (χ2n) is 10.1. The summed E-state index contributed by atoms with van der Waals surface area (Å²) in [7, 11) is 3.46. The molecule has 2 aliphatic rings. The van der Waals surface area contributed by atoms with E-state index in [1.807, 2.05) is 24.9 Å². The molecule has 2 fully saturated rings. The normalized spacial score (nSPS) is 27.9. The molecule has 0 amide bonds. The van der Waals surface area contributed by atoms with Gasteiger partial charge in [0.2, 0.25) is 5.82 Å². The number of halogens is 1. The smallest absolute Gasteiger partial charge is 0.231 e. The number of nitriles is 1. The number of nitrogens with zero attached hydrogens (tertiary/aromatic N) is 8. The van der Waals surface area contributed by atoms with Gasteiger partial charge in [0.1, 0.15) is 18.0 Å². The van der Waals surface area contributed by atoms with Crippen LogP contribution >= 0.6 is 0 Å². The summed E-state index contributed by atoms with van der Waals surface area (Å²) in [5, 5.41) is 35.9. The molecule has 0 saturated carbocycles. The van der Waals surface area contributed by atoms with E-state index in [-0.39, 0.29) is 29.0 Å². The van der Waals surface area contributed by atoms with Gasteiger partial charge in [0.15, 0.2) is 17.5 Å². The zero-order valence-electron chi connectivity index (χ0n) is 20.2. The molecule has 4 heterocycles. The number of phenolic OH excluding ortho intramolecular Hbond substituents is 1. The molecule has 2 aliphatic heterocycles. The summed E-state index contributed by atoms with van der Waals surface area (Å²) < 4.78 is 17.0. The van der Waals surface area contributed by atoms with Gasteiger partial charge in [0, 0.05) is 30.7 Å². The largest absolute Gasteiger partial charge is 0.507 e. The highest BCUT2D eigenvalue weighted by Gasteiger charge is 2.53. The van der Waals surface area contributed by atoms with Gasteiger partial charge in [0.05, 0.1) is 17.8 Å². The molecule has 182 valence electrons. The third-order valence-corrected chi connectivity index (χ3v) is 7.39. The zero-order valence-corrected chi connectivity index (χ0v) is 20.2. The van der Waals surface area contributed by atoms with Crippen molar-refractivity contribution in [3.63, 3.8) is 0 Å². The molecule has 0 radical (unpaired) electrons. The first-order chi connectivity index (χ1) is 16.6. The first-order valence-corrected chi connectivity index (χ1v) is 11.6. The van der Waals surface area contributed by atoms with Crippen molar-refractivity contribution in [1.82, 2.24) is 35.3 Å². The van der Waals surface area contributed by atoms with Gasteiger partial charge in [0.25, 0.3) is 0 Å². The molecule has 0 aliphatic carbocycles. The van der Waals surface area contributed by atoms with Crippen LogP contribution in [0, 0.1) is 11.3 Å². The van der Waals surface area contributed by atoms with E-state index in [9.17, 15) is 5.11 Å². The third kappa shape index (κ3) is 3.97. The van der Waals surface area contributed by atoms with E-state index < -0.39 is 11.7 Å². The maximum Gasteiger partial charge on any atom is 0.231 e. The molecular weight excluding hydrogens is 449 g/mol. The summed E-state index contributed by atoms with van der Waals surface area (Å²) in [4.78, 5) is 10.4. The number of hydrogen-bond donors (Lipinski definition) is 2. The van der Waals surface area contributed by atoms with Crippen LogP contribution < -0.4 is 10.2 Å². The Morgan fingerprint density at radius 1 is 1.26 bits per heavy atom. The molecule has 2 N–H and O–H groups in total. The van der Waals surface area contributed by atoms with Crippen LogP contribution in [0.2, 0.25) is 0 Å². The molecule has 0 spiro atoms. The Morgan fingerprint density at radius 2 is 2.06 bits per heavy atom. The number of nitrogens with one attached hydrogen (secondary N) is 1. The van der Waals surface area contributed by atoms with Crippen molar-refractivity contribution < 1.29 is 9.50 Å². The summed E-state index contributed by atoms with van der Waals surface area (Å²) in [6.07, 6.45) is 4.01. The van der Waals surface area contributed by atoms with E-state index in [4.69, 9.17) is 5.26 Å². The number of anilines is 1. The van der Waals surface area contributed by atoms with Crippen LogP contribution in [-0.2, 0) is 7.05 Å². The lowest BCUT2D eigenvalue weighted by atomic mass is 9.68. The van der Waals surface area contributed by atoms with Gasteiger partial charge >= 0.3 is 0 Å². The highest BCUT2D eigenvalue weighted by atomic mass is 19.1. The Morgan fingerprint density at radius 3 is 2.71 bits per heavy atom. The van der Waals surface area contributed by atoms with Crippen LogP contribution in [0.5, 0.6) is 5.75 Å². The number of piperidine rings is 2. The predicted molar refractivity (Wildman–Crippen MR) is 127 cm³/mol. The van der Waals surface area contributed by atoms with Crippen molar-refractivity contribution in [2.45, 2.75) is 62.8 Å². The fraction of sp³-hybridized carbons (Fsp3) is 0.500. The average molecular weight is 478 g/mol. The van der Waals surface area contributed by atoms with E-state index in [1.54, 1.807) is 25.4 Å². The van der Waals surface area contributed by atoms with Crippen molar-refractivity contribution in [1.29, 1.82) is 5.26 Å². The van der Waals surface area contributed by atoms with E-state index in [2.05, 4.69) is 37.5 Å². The minimum absolute atomic E-state index is 0.0628. The SMILES string of the molecule is CN(c1cnc(-c2ccc(-c3nc(C#N)n(C)n3)cc2O)nn1)[C@@H]1C[C@@]2(C)CCC[C@](C)(N2)[C@@H]1F. The van der Waals surface area contributed by atoms with Crippen LogP contribution in [0.3, 0.4) is 0 Å². The van der Waals surface area contributed by atoms with Gasteiger partial charge in [-0.1, -0.05) is 6.07 Å². The molecule has 11 heteroatoms. The minimum atomic E-state index is -1.05. The van der Waals surface area contributed by atoms with Gasteiger partial charge in [-0.2, -0.15) is 15.3 Å². The first-order valence-electron chi connectivity index (χ1n) is 11.6. The summed E-state index contributed by atoms with van der Waals surface area (Å²) in [6.45, 7) is 4.13. The lowest BCUT2D eigenvalue weighted by Crippen LogP contribution is -2.72. The third-order valence-electron chi connectivity index (χ3n) is 7.39. The Labute approximate surface area is 202 Å². The van der Waals surface area contributed by atoms with Gasteiger partial charge in [-0.15, -0.1) is 10.2 Å². The summed E-state index contributed by atoms with van der Waals surface area (Å²) in [5.41, 5.74) is 0.278. The number of hydrogen-bond acceptors (Lipinski definition) is 9. The number of benzene rings is 1. The first kappa shape index (κ1) is 23.1. The van der Waals surface area contributed by atoms with Gasteiger partial charge < -0.3 is 15.3 Å². The van der Waals surface area contributed by atoms with Crippen LogP contribution in [0.4, 0.5) is 10.2 Å². The van der Waals surface area contributed by atoms with Crippen molar-refractivity contribution in [2.75, 3.05) is 11.9 Å². The average Bonchev–Trinajstić information content (AvgIpc) is 3.21. The lowest BCUT2D eigenvalue weighted by molar-refractivity contribution is 0.00193. The standard InChI is InChI=1S/C24H28FN9O/c1-23-8-5-9-24(2,32-23)20(25)16(11-23)33(3)19-13-27-22(30-29-19)15-7-6-14(10-17(15)35)21-28-18(12-26)34(4)31-21/h6-7,10,13,16,20,32,35H,5,8-9,11H2,1-4H3/t16-,20-,23-,24+/m1/s1. The van der Waals surface area contributed by atoms with Crippen LogP contribution in [0.25, 0.3) is 22.8 Å². The molecule has 2 aromatic heterocycles. The maximum absolute atomic E-state index is 15.6. The summed E-state index contributed by atoms with van der Waals surface area (Å²) >= 11 is 0. The molecular formula is C24H28FN9O. The van der Waals surface area contributed by atoms with Crippen molar-refractivity contribution in [3.8, 4) is 34.6 Å². The van der Waals surface area contributed by atoms with E-state index >= 15 is 4.39 Å². The number of rotatable bonds is 4. The predicted octanol–water partition coefficient (Wildman–Crippen LogP) is 2.75. The molecule has 1 aromatic carbocycles. The Bertz CT molecular complexity index is 1300. The Balaban J connectivity index is 1.37. The molecule has 35 heavy (non-hydrogen) atoms. The van der Waals surface area contributed by atoms with Crippen molar-refractivity contribution in [2.24, 2.45) is 7.05 Å². The van der Waals surface area contributed by atoms with Crippen molar-refractivity contribution >= 4 is 5.82 Å². The summed E-state index contributed by atoms with van der Waals surface area (Å²) in [5.74, 6) is 1.16. The van der Waals surface area contributed by atoms with Gasteiger partial charge in [-0.25, -0.2) is 14.1 Å². The second-order valence-corrected chi connectivity index (χ2v) is 10.1. The Kier molecular flexibility index (Phi) is 5.44. The highest BCUT2D eigenvalue weighted by Crippen LogP contribution is 2.43. The van der Waals surface area contributed by atoms with Crippen LogP contribution in [0.15, 0.2) is 24.4 Å². The summed E-state index contributed by atoms with van der Waals surface area (Å²) in [6, 6.07) is 6.49. The highest BCUT2D eigenvalue weighted by molar-refractivity contribution is 5.70. The van der Waals surface area contributed by atoms with Crippen LogP contribution in [-0.4, -0.2) is 65.4 Å². The topological polar surface area (TPSA) is 129 Å². The molecule has 5 rings (SSSR count). The van der Waals surface area contributed by atoms with E-state index in [0.717, 1.165) is 19.3 Å². The molecule has 0 unspecified atom stereocenters. The number of aromatic hydroxyl groups is 1. The van der Waals surface area contributed by atoms with Gasteiger partial charge in [-0.3, -0.25) is 0 Å². The Hall–Kier alpha value is -3.65. The maximum atomic E-state index is 15.6. The molecule has 2 bridgehead atoms. The second kappa shape index (κ2) is 8.23. The molecule has 4 atom stereocenters. The van der Waals surface area contributed by atoms with E-state index in [0.29, 0.717) is 29.2 Å². The fourth-order valence-electron chi connectivity index (χ4n) is 5.53. The van der Waals surface area contributed by atoms with Crippen molar-refractivity contribution in [3.05, 3.63) is 30.2 Å². The number of phenols is 1. The number of aromatic nitrogens is 6.